The summed E-state index contributed by atoms with van der Waals surface area (Å²) >= 11 is 0. The summed E-state index contributed by atoms with van der Waals surface area (Å²) in [6, 6.07) is 6.86. The first kappa shape index (κ1) is 12.9. The zero-order chi connectivity index (χ0) is 13.0. The third-order valence-corrected chi connectivity index (χ3v) is 2.83. The lowest BCUT2D eigenvalue weighted by Gasteiger charge is -2.11. The van der Waals surface area contributed by atoms with Crippen molar-refractivity contribution >= 4 is 5.97 Å². The van der Waals surface area contributed by atoms with Gasteiger partial charge in [0.15, 0.2) is 6.29 Å². The average molecular weight is 252 g/mol. The van der Waals surface area contributed by atoms with Crippen LogP contribution < -0.4 is 0 Å². The van der Waals surface area contributed by atoms with E-state index in [-0.39, 0.29) is 24.6 Å². The van der Waals surface area contributed by atoms with Crippen LogP contribution in [0.5, 0.6) is 5.75 Å². The van der Waals surface area contributed by atoms with Gasteiger partial charge in [-0.1, -0.05) is 12.1 Å². The number of aliphatic carboxylic acids is 1. The minimum atomic E-state index is -0.819. The Bertz CT molecular complexity index is 400. The lowest BCUT2D eigenvalue weighted by molar-refractivity contribution is -0.137. The van der Waals surface area contributed by atoms with Crippen molar-refractivity contribution in [1.82, 2.24) is 0 Å². The highest BCUT2D eigenvalue weighted by Gasteiger charge is 2.26. The molecule has 1 aliphatic rings. The molecule has 5 heteroatoms. The third kappa shape index (κ3) is 3.72. The van der Waals surface area contributed by atoms with Crippen LogP contribution in [0.25, 0.3) is 0 Å². The largest absolute Gasteiger partial charge is 0.508 e. The molecule has 0 amide bonds. The van der Waals surface area contributed by atoms with Crippen molar-refractivity contribution in [2.24, 2.45) is 0 Å². The highest BCUT2D eigenvalue weighted by Crippen LogP contribution is 2.20. The summed E-state index contributed by atoms with van der Waals surface area (Å²) in [6.45, 7) is 0.441. The van der Waals surface area contributed by atoms with Gasteiger partial charge in [-0.25, -0.2) is 0 Å². The fourth-order valence-electron chi connectivity index (χ4n) is 1.88. The van der Waals surface area contributed by atoms with E-state index in [1.54, 1.807) is 12.1 Å². The van der Waals surface area contributed by atoms with Crippen molar-refractivity contribution in [1.29, 1.82) is 0 Å². The number of carboxylic acids is 1. The van der Waals surface area contributed by atoms with Gasteiger partial charge >= 0.3 is 5.97 Å². The van der Waals surface area contributed by atoms with Crippen molar-refractivity contribution in [2.75, 3.05) is 6.61 Å². The highest BCUT2D eigenvalue weighted by atomic mass is 16.7. The molecular formula is C13H16O5. The molecule has 98 valence electrons. The molecule has 0 saturated carbocycles. The Labute approximate surface area is 105 Å². The van der Waals surface area contributed by atoms with Crippen molar-refractivity contribution in [3.63, 3.8) is 0 Å². The summed E-state index contributed by atoms with van der Waals surface area (Å²) in [5, 5.41) is 17.7. The zero-order valence-corrected chi connectivity index (χ0v) is 9.91. The van der Waals surface area contributed by atoms with Crippen molar-refractivity contribution in [3.8, 4) is 5.75 Å². The van der Waals surface area contributed by atoms with E-state index in [0.717, 1.165) is 5.56 Å². The fraction of sp³-hybridized carbons (Fsp3) is 0.462. The maximum atomic E-state index is 10.4. The highest BCUT2D eigenvalue weighted by molar-refractivity contribution is 5.66. The van der Waals surface area contributed by atoms with E-state index in [1.165, 1.54) is 0 Å². The normalized spacial score (nSPS) is 23.1. The molecule has 1 aliphatic heterocycles. The van der Waals surface area contributed by atoms with Gasteiger partial charge < -0.3 is 19.7 Å². The van der Waals surface area contributed by atoms with E-state index >= 15 is 0 Å². The van der Waals surface area contributed by atoms with Crippen LogP contribution in [0.2, 0.25) is 0 Å². The Morgan fingerprint density at radius 3 is 2.72 bits per heavy atom. The van der Waals surface area contributed by atoms with Crippen LogP contribution in [0.1, 0.15) is 18.4 Å². The number of aromatic hydroxyl groups is 1. The Morgan fingerprint density at radius 1 is 1.33 bits per heavy atom. The standard InChI is InChI=1S/C13H16O5/c14-10-3-1-9(2-4-10)7-13-17-8-11(18-13)5-6-12(15)16/h1-4,11,13-14H,5-8H2,(H,15,16). The quantitative estimate of drug-likeness (QED) is 0.831. The van der Waals surface area contributed by atoms with Crippen LogP contribution in [-0.2, 0) is 20.7 Å². The van der Waals surface area contributed by atoms with Crippen molar-refractivity contribution in [2.45, 2.75) is 31.7 Å². The van der Waals surface area contributed by atoms with Crippen LogP contribution in [0.4, 0.5) is 0 Å². The van der Waals surface area contributed by atoms with Gasteiger partial charge in [-0.3, -0.25) is 4.79 Å². The molecular weight excluding hydrogens is 236 g/mol. The molecule has 0 radical (unpaired) electrons. The molecule has 2 rings (SSSR count). The summed E-state index contributed by atoms with van der Waals surface area (Å²) in [7, 11) is 0. The molecule has 2 atom stereocenters. The van der Waals surface area contributed by atoms with Gasteiger partial charge in [0.1, 0.15) is 5.75 Å². The van der Waals surface area contributed by atoms with Crippen LogP contribution in [0.15, 0.2) is 24.3 Å². The van der Waals surface area contributed by atoms with Crippen molar-refractivity contribution < 1.29 is 24.5 Å². The van der Waals surface area contributed by atoms with Crippen LogP contribution >= 0.6 is 0 Å². The van der Waals surface area contributed by atoms with Crippen LogP contribution in [0.3, 0.4) is 0 Å². The molecule has 5 nitrogen and oxygen atoms in total. The SMILES string of the molecule is O=C(O)CCC1COC(Cc2ccc(O)cc2)O1. The van der Waals surface area contributed by atoms with Gasteiger partial charge in [-0.15, -0.1) is 0 Å². The van der Waals surface area contributed by atoms with E-state index in [9.17, 15) is 4.79 Å². The lowest BCUT2D eigenvalue weighted by Crippen LogP contribution is -2.15. The van der Waals surface area contributed by atoms with Gasteiger partial charge in [0.2, 0.25) is 0 Å². The minimum absolute atomic E-state index is 0.0972. The third-order valence-electron chi connectivity index (χ3n) is 2.83. The maximum Gasteiger partial charge on any atom is 0.303 e. The maximum absolute atomic E-state index is 10.4. The zero-order valence-electron chi connectivity index (χ0n) is 9.91. The number of carboxylic acid groups (broad SMARTS) is 1. The Morgan fingerprint density at radius 2 is 2.06 bits per heavy atom. The molecule has 1 aromatic rings. The molecule has 0 aliphatic carbocycles. The molecule has 0 spiro atoms. The Kier molecular flexibility index (Phi) is 4.17. The number of hydrogen-bond acceptors (Lipinski definition) is 4. The van der Waals surface area contributed by atoms with E-state index in [2.05, 4.69) is 0 Å². The van der Waals surface area contributed by atoms with Crippen molar-refractivity contribution in [3.05, 3.63) is 29.8 Å². The molecule has 0 aromatic heterocycles. The summed E-state index contributed by atoms with van der Waals surface area (Å²) in [6.07, 6.45) is 0.710. The first-order valence-corrected chi connectivity index (χ1v) is 5.90. The second kappa shape index (κ2) is 5.84. The van der Waals surface area contributed by atoms with Gasteiger partial charge in [0.25, 0.3) is 0 Å². The van der Waals surface area contributed by atoms with Crippen LogP contribution in [0, 0.1) is 0 Å². The predicted octanol–water partition coefficient (Wildman–Crippen LogP) is 1.54. The first-order chi connectivity index (χ1) is 8.63. The van der Waals surface area contributed by atoms with Gasteiger partial charge in [0.05, 0.1) is 12.7 Å². The summed E-state index contributed by atoms with van der Waals surface area (Å²) in [5.41, 5.74) is 1.01. The topological polar surface area (TPSA) is 76.0 Å². The number of ether oxygens (including phenoxy) is 2. The van der Waals surface area contributed by atoms with E-state index < -0.39 is 5.97 Å². The first-order valence-electron chi connectivity index (χ1n) is 5.90. The number of benzene rings is 1. The van der Waals surface area contributed by atoms with Gasteiger partial charge in [-0.2, -0.15) is 0 Å². The van der Waals surface area contributed by atoms with E-state index in [1.807, 2.05) is 12.1 Å². The van der Waals surface area contributed by atoms with E-state index in [0.29, 0.717) is 19.4 Å². The van der Waals surface area contributed by atoms with Gasteiger partial charge in [0, 0.05) is 12.8 Å². The molecule has 1 aromatic carbocycles. The summed E-state index contributed by atoms with van der Waals surface area (Å²) in [4.78, 5) is 10.4. The van der Waals surface area contributed by atoms with Crippen LogP contribution in [-0.4, -0.2) is 35.2 Å². The molecule has 1 heterocycles. The second-order valence-corrected chi connectivity index (χ2v) is 4.32. The number of phenols is 1. The molecule has 18 heavy (non-hydrogen) atoms. The monoisotopic (exact) mass is 252 g/mol. The predicted molar refractivity (Wildman–Crippen MR) is 63.3 cm³/mol. The number of carbonyl (C=O) groups is 1. The number of phenolic OH excluding ortho intramolecular Hbond substituents is 1. The second-order valence-electron chi connectivity index (χ2n) is 4.32. The van der Waals surface area contributed by atoms with E-state index in [4.69, 9.17) is 19.7 Å². The fourth-order valence-corrected chi connectivity index (χ4v) is 1.88. The molecule has 0 bridgehead atoms. The lowest BCUT2D eigenvalue weighted by atomic mass is 10.1. The molecule has 1 fully saturated rings. The molecule has 1 saturated heterocycles. The summed E-state index contributed by atoms with van der Waals surface area (Å²) in [5.74, 6) is -0.591. The molecule has 2 N–H and O–H groups in total. The Balaban J connectivity index is 1.78. The minimum Gasteiger partial charge on any atom is -0.508 e. The average Bonchev–Trinajstić information content (AvgIpc) is 2.77. The summed E-state index contributed by atoms with van der Waals surface area (Å²) < 4.78 is 11.1. The smallest absolute Gasteiger partial charge is 0.303 e. The molecule has 2 unspecified atom stereocenters. The number of hydrogen-bond donors (Lipinski definition) is 2. The Hall–Kier alpha value is -1.59. The van der Waals surface area contributed by atoms with Gasteiger partial charge in [-0.05, 0) is 24.1 Å². The number of rotatable bonds is 5.